The van der Waals surface area contributed by atoms with Gasteiger partial charge in [0.2, 0.25) is 0 Å². The van der Waals surface area contributed by atoms with Gasteiger partial charge in [0.15, 0.2) is 11.3 Å². The molecule has 24 heavy (non-hydrogen) atoms. The Bertz CT molecular complexity index is 1260. The maximum atomic E-state index is 12.4. The van der Waals surface area contributed by atoms with Gasteiger partial charge in [-0.25, -0.2) is 14.7 Å². The number of nitrogens with zero attached hydrogens (tertiary/aromatic N) is 4. The van der Waals surface area contributed by atoms with E-state index in [1.54, 1.807) is 4.52 Å². The first kappa shape index (κ1) is 13.4. The van der Waals surface area contributed by atoms with E-state index >= 15 is 0 Å². The topological polar surface area (TPSA) is 75.9 Å². The van der Waals surface area contributed by atoms with Gasteiger partial charge in [0.05, 0.1) is 21.1 Å². The average molecular weight is 333 g/mol. The summed E-state index contributed by atoms with van der Waals surface area (Å²) >= 11 is 1.53. The van der Waals surface area contributed by atoms with Crippen LogP contribution in [0.4, 0.5) is 0 Å². The van der Waals surface area contributed by atoms with Crippen molar-refractivity contribution in [1.29, 1.82) is 0 Å². The van der Waals surface area contributed by atoms with Crippen molar-refractivity contribution in [2.24, 2.45) is 0 Å². The van der Waals surface area contributed by atoms with Crippen molar-refractivity contribution in [2.45, 2.75) is 6.92 Å². The van der Waals surface area contributed by atoms with E-state index in [9.17, 15) is 4.79 Å². The first-order chi connectivity index (χ1) is 11.7. The van der Waals surface area contributed by atoms with E-state index in [1.807, 2.05) is 49.4 Å². The molecule has 0 aliphatic heterocycles. The summed E-state index contributed by atoms with van der Waals surface area (Å²) in [6.07, 6.45) is 0. The molecule has 0 amide bonds. The molecule has 3 heterocycles. The summed E-state index contributed by atoms with van der Waals surface area (Å²) in [5.41, 5.74) is 3.53. The molecule has 0 fully saturated rings. The highest BCUT2D eigenvalue weighted by Gasteiger charge is 2.17. The van der Waals surface area contributed by atoms with Gasteiger partial charge >= 0.3 is 0 Å². The Morgan fingerprint density at radius 1 is 1.12 bits per heavy atom. The molecule has 0 spiro atoms. The molecule has 7 heteroatoms. The molecule has 6 nitrogen and oxygen atoms in total. The van der Waals surface area contributed by atoms with Gasteiger partial charge in [-0.3, -0.25) is 4.79 Å². The smallest absolute Gasteiger partial charge is 0.267 e. The minimum Gasteiger partial charge on any atom is -0.267 e. The minimum absolute atomic E-state index is 0.252. The quantitative estimate of drug-likeness (QED) is 0.511. The highest BCUT2D eigenvalue weighted by Crippen LogP contribution is 2.30. The van der Waals surface area contributed by atoms with Gasteiger partial charge in [-0.05, 0) is 31.2 Å². The summed E-state index contributed by atoms with van der Waals surface area (Å²) in [7, 11) is 0. The number of aromatic nitrogens is 5. The molecule has 0 unspecified atom stereocenters. The van der Waals surface area contributed by atoms with Gasteiger partial charge in [0, 0.05) is 0 Å². The van der Waals surface area contributed by atoms with Crippen LogP contribution in [0.3, 0.4) is 0 Å². The van der Waals surface area contributed by atoms with Crippen LogP contribution >= 0.6 is 11.3 Å². The van der Waals surface area contributed by atoms with Crippen LogP contribution in [0.5, 0.6) is 0 Å². The molecule has 3 aromatic heterocycles. The third-order valence-corrected chi connectivity index (χ3v) is 5.06. The number of nitrogens with one attached hydrogen (secondary N) is 1. The summed E-state index contributed by atoms with van der Waals surface area (Å²) < 4.78 is 2.81. The van der Waals surface area contributed by atoms with Gasteiger partial charge in [0.1, 0.15) is 5.01 Å². The van der Waals surface area contributed by atoms with Crippen molar-refractivity contribution in [2.75, 3.05) is 0 Å². The monoisotopic (exact) mass is 333 g/mol. The van der Waals surface area contributed by atoms with Gasteiger partial charge in [-0.2, -0.15) is 10.1 Å². The van der Waals surface area contributed by atoms with Crippen LogP contribution in [0.15, 0.2) is 47.3 Å². The van der Waals surface area contributed by atoms with Crippen LogP contribution in [-0.4, -0.2) is 24.8 Å². The van der Waals surface area contributed by atoms with Crippen molar-refractivity contribution < 1.29 is 0 Å². The second-order valence-corrected chi connectivity index (χ2v) is 6.67. The molecule has 0 radical (unpaired) electrons. The van der Waals surface area contributed by atoms with Gasteiger partial charge in [-0.1, -0.05) is 23.8 Å². The van der Waals surface area contributed by atoms with Gasteiger partial charge < -0.3 is 0 Å². The Labute approximate surface area is 139 Å². The predicted molar refractivity (Wildman–Crippen MR) is 94.5 cm³/mol. The second kappa shape index (κ2) is 4.72. The Kier molecular flexibility index (Phi) is 2.63. The van der Waals surface area contributed by atoms with E-state index in [0.29, 0.717) is 16.7 Å². The highest BCUT2D eigenvalue weighted by atomic mass is 32.1. The fraction of sp³-hybridized carbons (Fsp3) is 0.0588. The summed E-state index contributed by atoms with van der Waals surface area (Å²) in [6.45, 7) is 1.95. The minimum atomic E-state index is -0.252. The van der Waals surface area contributed by atoms with E-state index in [1.165, 1.54) is 11.3 Å². The lowest BCUT2D eigenvalue weighted by Crippen LogP contribution is -2.10. The van der Waals surface area contributed by atoms with E-state index in [2.05, 4.69) is 20.3 Å². The fourth-order valence-electron chi connectivity index (χ4n) is 2.86. The number of benzene rings is 2. The predicted octanol–water partition coefficient (Wildman–Crippen LogP) is 3.16. The lowest BCUT2D eigenvalue weighted by atomic mass is 10.2. The van der Waals surface area contributed by atoms with Crippen molar-refractivity contribution in [1.82, 2.24) is 24.8 Å². The third-order valence-electron chi connectivity index (χ3n) is 4.01. The molecule has 0 aliphatic rings. The van der Waals surface area contributed by atoms with Crippen LogP contribution in [0.1, 0.15) is 5.56 Å². The summed E-state index contributed by atoms with van der Waals surface area (Å²) in [5, 5.41) is 8.63. The van der Waals surface area contributed by atoms with Crippen molar-refractivity contribution >= 4 is 38.1 Å². The first-order valence-corrected chi connectivity index (χ1v) is 8.26. The number of hydrogen-bond donors (Lipinski definition) is 1. The summed E-state index contributed by atoms with van der Waals surface area (Å²) in [6, 6.07) is 13.6. The number of para-hydroxylation sites is 1. The zero-order chi connectivity index (χ0) is 16.3. The number of rotatable bonds is 1. The van der Waals surface area contributed by atoms with Crippen LogP contribution in [0.2, 0.25) is 0 Å². The summed E-state index contributed by atoms with van der Waals surface area (Å²) in [4.78, 5) is 21.3. The molecule has 0 bridgehead atoms. The zero-order valence-corrected chi connectivity index (χ0v) is 13.5. The number of thiazole rings is 1. The lowest BCUT2D eigenvalue weighted by Gasteiger charge is -2.01. The molecule has 0 atom stereocenters. The van der Waals surface area contributed by atoms with E-state index in [-0.39, 0.29) is 5.56 Å². The Balaban J connectivity index is 1.85. The second-order valence-electron chi connectivity index (χ2n) is 5.64. The van der Waals surface area contributed by atoms with Crippen LogP contribution in [-0.2, 0) is 0 Å². The molecular formula is C17H11N5OS. The summed E-state index contributed by atoms with van der Waals surface area (Å²) in [5.74, 6) is 0. The standard InChI is InChI=1S/C17H11N5OS/c1-9-6-7-12-10(8-9)16(23)19-15-14(20-21-22(12)15)17-18-11-4-2-3-5-13(11)24-17/h2-8,21H,1H3. The Morgan fingerprint density at radius 3 is 2.88 bits per heavy atom. The number of aryl methyl sites for hydroxylation is 1. The molecule has 5 aromatic rings. The highest BCUT2D eigenvalue weighted by molar-refractivity contribution is 7.21. The van der Waals surface area contributed by atoms with Crippen molar-refractivity contribution in [3.63, 3.8) is 0 Å². The zero-order valence-electron chi connectivity index (χ0n) is 12.6. The molecule has 2 aromatic carbocycles. The van der Waals surface area contributed by atoms with E-state index in [0.717, 1.165) is 26.3 Å². The molecule has 0 saturated heterocycles. The van der Waals surface area contributed by atoms with E-state index in [4.69, 9.17) is 0 Å². The van der Waals surface area contributed by atoms with Crippen LogP contribution in [0, 0.1) is 6.92 Å². The van der Waals surface area contributed by atoms with Crippen molar-refractivity contribution in [3.8, 4) is 10.7 Å². The molecular weight excluding hydrogens is 322 g/mol. The normalized spacial score (nSPS) is 11.7. The molecule has 0 aliphatic carbocycles. The number of fused-ring (bicyclic) bond motifs is 4. The Hall–Kier alpha value is -3.06. The number of hydrogen-bond acceptors (Lipinski definition) is 5. The largest absolute Gasteiger partial charge is 0.281 e. The molecule has 5 rings (SSSR count). The maximum absolute atomic E-state index is 12.4. The molecule has 0 saturated carbocycles. The van der Waals surface area contributed by atoms with Crippen LogP contribution in [0.25, 0.3) is 37.5 Å². The molecule has 1 N–H and O–H groups in total. The third kappa shape index (κ3) is 1.82. The maximum Gasteiger partial charge on any atom is 0.281 e. The fourth-order valence-corrected chi connectivity index (χ4v) is 3.81. The van der Waals surface area contributed by atoms with Gasteiger partial charge in [-0.15, -0.1) is 11.3 Å². The number of aromatic amines is 1. The average Bonchev–Trinajstić information content (AvgIpc) is 3.18. The van der Waals surface area contributed by atoms with Crippen LogP contribution < -0.4 is 5.56 Å². The molecule has 116 valence electrons. The van der Waals surface area contributed by atoms with Crippen molar-refractivity contribution in [3.05, 3.63) is 58.4 Å². The Morgan fingerprint density at radius 2 is 2.00 bits per heavy atom. The van der Waals surface area contributed by atoms with E-state index < -0.39 is 0 Å². The SMILES string of the molecule is Cc1ccc2c(c1)c(=O)nc1c(-c3nc4ccccc4s3)n[nH]n12. The number of H-pyrrole nitrogens is 1. The first-order valence-electron chi connectivity index (χ1n) is 7.44. The lowest BCUT2D eigenvalue weighted by molar-refractivity contribution is 0.874. The van der Waals surface area contributed by atoms with Gasteiger partial charge in [0.25, 0.3) is 5.56 Å².